The summed E-state index contributed by atoms with van der Waals surface area (Å²) in [5.41, 5.74) is 17.2. The third-order valence-electron chi connectivity index (χ3n) is 5.65. The van der Waals surface area contributed by atoms with Crippen LogP contribution in [0.15, 0.2) is 36.4 Å². The number of likely N-dealkylation sites (N-methyl/N-ethyl adjacent to an activating group) is 1. The maximum absolute atomic E-state index is 13.0. The lowest BCUT2D eigenvalue weighted by Gasteiger charge is -2.20. The van der Waals surface area contributed by atoms with Gasteiger partial charge in [0.25, 0.3) is 0 Å². The van der Waals surface area contributed by atoms with Crippen molar-refractivity contribution in [3.05, 3.63) is 58.2 Å². The highest BCUT2D eigenvalue weighted by molar-refractivity contribution is 7.20. The molecular weight excluding hydrogens is 434 g/mol. The summed E-state index contributed by atoms with van der Waals surface area (Å²) in [5.74, 6) is 1.13. The summed E-state index contributed by atoms with van der Waals surface area (Å²) in [5, 5.41) is 7.26. The number of imidazole rings is 1. The number of amides is 1. The molecule has 0 fully saturated rings. The molecule has 0 aliphatic rings. The third kappa shape index (κ3) is 4.31. The van der Waals surface area contributed by atoms with E-state index in [9.17, 15) is 4.79 Å². The molecule has 0 saturated heterocycles. The Kier molecular flexibility index (Phi) is 6.15. The molecule has 0 aliphatic carbocycles. The summed E-state index contributed by atoms with van der Waals surface area (Å²) in [6, 6.07) is 9.89. The average molecular weight is 462 g/mol. The van der Waals surface area contributed by atoms with Crippen LogP contribution < -0.4 is 11.5 Å². The SMILES string of the molecule is CCN(Cc1nc2c(N)nc3cc(C(N)=CC=N)sc3c2n1C)C(=O)Cc1cccc(C)c1. The van der Waals surface area contributed by atoms with Crippen LogP contribution >= 0.6 is 11.3 Å². The number of aromatic nitrogens is 3. The number of carbonyl (C=O) groups excluding carboxylic acids is 1. The molecule has 4 aromatic rings. The van der Waals surface area contributed by atoms with Crippen LogP contribution in [-0.2, 0) is 24.8 Å². The zero-order chi connectivity index (χ0) is 23.7. The van der Waals surface area contributed by atoms with Crippen molar-refractivity contribution >= 4 is 56.2 Å². The van der Waals surface area contributed by atoms with Gasteiger partial charge in [-0.05, 0) is 31.6 Å². The summed E-state index contributed by atoms with van der Waals surface area (Å²) in [4.78, 5) is 24.9. The summed E-state index contributed by atoms with van der Waals surface area (Å²) < 4.78 is 2.90. The fraction of sp³-hybridized carbons (Fsp3) is 0.250. The van der Waals surface area contributed by atoms with Gasteiger partial charge in [-0.1, -0.05) is 29.8 Å². The number of nitrogens with zero attached hydrogens (tertiary/aromatic N) is 4. The molecule has 0 radical (unpaired) electrons. The maximum Gasteiger partial charge on any atom is 0.227 e. The molecule has 33 heavy (non-hydrogen) atoms. The van der Waals surface area contributed by atoms with E-state index in [-0.39, 0.29) is 5.91 Å². The van der Waals surface area contributed by atoms with Gasteiger partial charge in [-0.25, -0.2) is 9.97 Å². The number of fused-ring (bicyclic) bond motifs is 3. The minimum atomic E-state index is 0.0503. The van der Waals surface area contributed by atoms with E-state index in [0.717, 1.165) is 43.8 Å². The van der Waals surface area contributed by atoms with Crippen molar-refractivity contribution in [1.29, 1.82) is 5.41 Å². The number of nitrogens with one attached hydrogen (secondary N) is 1. The van der Waals surface area contributed by atoms with E-state index in [1.165, 1.54) is 11.3 Å². The second-order valence-corrected chi connectivity index (χ2v) is 9.02. The zero-order valence-corrected chi connectivity index (χ0v) is 19.7. The number of hydrogen-bond donors (Lipinski definition) is 3. The van der Waals surface area contributed by atoms with E-state index < -0.39 is 0 Å². The highest BCUT2D eigenvalue weighted by Gasteiger charge is 2.21. The van der Waals surface area contributed by atoms with Gasteiger partial charge in [-0.15, -0.1) is 11.3 Å². The van der Waals surface area contributed by atoms with Crippen molar-refractivity contribution in [2.45, 2.75) is 26.8 Å². The molecule has 8 nitrogen and oxygen atoms in total. The molecule has 0 spiro atoms. The van der Waals surface area contributed by atoms with Crippen molar-refractivity contribution in [3.8, 4) is 0 Å². The Morgan fingerprint density at radius 3 is 2.79 bits per heavy atom. The number of benzene rings is 1. The molecule has 170 valence electrons. The minimum Gasteiger partial charge on any atom is -0.398 e. The number of hydrogen-bond acceptors (Lipinski definition) is 7. The zero-order valence-electron chi connectivity index (χ0n) is 18.9. The normalized spacial score (nSPS) is 11.9. The Morgan fingerprint density at radius 2 is 2.09 bits per heavy atom. The van der Waals surface area contributed by atoms with Crippen LogP contribution in [0.25, 0.3) is 26.9 Å². The first kappa shape index (κ1) is 22.5. The number of thiophene rings is 1. The van der Waals surface area contributed by atoms with E-state index in [0.29, 0.717) is 36.5 Å². The molecule has 0 bridgehead atoms. The number of allylic oxidation sites excluding steroid dienone is 1. The first-order chi connectivity index (χ1) is 15.8. The first-order valence-electron chi connectivity index (χ1n) is 10.7. The van der Waals surface area contributed by atoms with Gasteiger partial charge in [-0.3, -0.25) is 4.79 Å². The quantitative estimate of drug-likeness (QED) is 0.362. The van der Waals surface area contributed by atoms with Gasteiger partial charge >= 0.3 is 0 Å². The van der Waals surface area contributed by atoms with Gasteiger partial charge in [0.2, 0.25) is 5.91 Å². The van der Waals surface area contributed by atoms with Crippen molar-refractivity contribution in [2.75, 3.05) is 12.3 Å². The summed E-state index contributed by atoms with van der Waals surface area (Å²) >= 11 is 1.49. The lowest BCUT2D eigenvalue weighted by atomic mass is 10.1. The van der Waals surface area contributed by atoms with E-state index in [2.05, 4.69) is 4.98 Å². The number of aryl methyl sites for hydroxylation is 2. The molecule has 1 aromatic carbocycles. The molecule has 9 heteroatoms. The molecule has 0 unspecified atom stereocenters. The highest BCUT2D eigenvalue weighted by atomic mass is 32.1. The Labute approximate surface area is 196 Å². The number of nitrogen functional groups attached to an aromatic ring is 1. The van der Waals surface area contributed by atoms with Crippen LogP contribution in [0.1, 0.15) is 28.8 Å². The van der Waals surface area contributed by atoms with Crippen LogP contribution in [-0.4, -0.2) is 38.1 Å². The fourth-order valence-corrected chi connectivity index (χ4v) is 5.03. The number of pyridine rings is 1. The van der Waals surface area contributed by atoms with Crippen molar-refractivity contribution in [2.24, 2.45) is 12.8 Å². The molecule has 5 N–H and O–H groups in total. The predicted molar refractivity (Wildman–Crippen MR) is 135 cm³/mol. The van der Waals surface area contributed by atoms with E-state index in [4.69, 9.17) is 21.9 Å². The standard InChI is InChI=1S/C24H27N7OS/c1-4-31(20(32)11-15-7-5-6-14(2)10-15)13-19-29-21-22(30(19)3)23-17(28-24(21)27)12-18(33-23)16(26)8-9-25/h5-10,12,25H,4,11,13,26H2,1-3H3,(H2,27,28). The summed E-state index contributed by atoms with van der Waals surface area (Å²) in [6.45, 7) is 4.94. The molecule has 4 rings (SSSR count). The van der Waals surface area contributed by atoms with Crippen molar-refractivity contribution < 1.29 is 4.79 Å². The number of carbonyl (C=O) groups is 1. The smallest absolute Gasteiger partial charge is 0.227 e. The summed E-state index contributed by atoms with van der Waals surface area (Å²) in [7, 11) is 1.93. The minimum absolute atomic E-state index is 0.0503. The lowest BCUT2D eigenvalue weighted by molar-refractivity contribution is -0.131. The van der Waals surface area contributed by atoms with Crippen LogP contribution in [0, 0.1) is 12.3 Å². The predicted octanol–water partition coefficient (Wildman–Crippen LogP) is 3.61. The Bertz CT molecular complexity index is 1400. The van der Waals surface area contributed by atoms with Crippen molar-refractivity contribution in [3.63, 3.8) is 0 Å². The largest absolute Gasteiger partial charge is 0.398 e. The second-order valence-electron chi connectivity index (χ2n) is 7.97. The first-order valence-corrected chi connectivity index (χ1v) is 11.5. The fourth-order valence-electron chi connectivity index (χ4n) is 3.91. The maximum atomic E-state index is 13.0. The molecule has 0 saturated carbocycles. The van der Waals surface area contributed by atoms with Crippen LogP contribution in [0.2, 0.25) is 0 Å². The van der Waals surface area contributed by atoms with E-state index >= 15 is 0 Å². The van der Waals surface area contributed by atoms with Gasteiger partial charge in [0, 0.05) is 19.8 Å². The van der Waals surface area contributed by atoms with Gasteiger partial charge in [-0.2, -0.15) is 0 Å². The second kappa shape index (κ2) is 9.03. The Balaban J connectivity index is 1.70. The highest BCUT2D eigenvalue weighted by Crippen LogP contribution is 2.35. The van der Waals surface area contributed by atoms with Crippen molar-refractivity contribution in [1.82, 2.24) is 19.4 Å². The topological polar surface area (TPSA) is 127 Å². The monoisotopic (exact) mass is 461 g/mol. The molecule has 1 amide bonds. The molecule has 3 heterocycles. The average Bonchev–Trinajstić information content (AvgIpc) is 3.33. The number of anilines is 1. The third-order valence-corrected chi connectivity index (χ3v) is 6.83. The van der Waals surface area contributed by atoms with Crippen LogP contribution in [0.4, 0.5) is 5.82 Å². The van der Waals surface area contributed by atoms with Gasteiger partial charge in [0.05, 0.1) is 39.3 Å². The number of nitrogens with two attached hydrogens (primary N) is 2. The van der Waals surface area contributed by atoms with Crippen LogP contribution in [0.5, 0.6) is 0 Å². The van der Waals surface area contributed by atoms with E-state index in [1.807, 2.05) is 55.8 Å². The van der Waals surface area contributed by atoms with E-state index in [1.54, 1.807) is 11.0 Å². The Morgan fingerprint density at radius 1 is 1.30 bits per heavy atom. The van der Waals surface area contributed by atoms with Gasteiger partial charge in [0.1, 0.15) is 11.3 Å². The summed E-state index contributed by atoms with van der Waals surface area (Å²) in [6.07, 6.45) is 3.05. The molecular formula is C24H27N7OS. The van der Waals surface area contributed by atoms with Gasteiger partial charge in [0.15, 0.2) is 5.82 Å². The van der Waals surface area contributed by atoms with Gasteiger partial charge < -0.3 is 26.3 Å². The number of rotatable bonds is 7. The molecule has 0 atom stereocenters. The lowest BCUT2D eigenvalue weighted by Crippen LogP contribution is -2.32. The van der Waals surface area contributed by atoms with Crippen LogP contribution in [0.3, 0.4) is 0 Å². The molecule has 0 aliphatic heterocycles. The molecule has 3 aromatic heterocycles. The Hall–Kier alpha value is -3.72.